The lowest BCUT2D eigenvalue weighted by Gasteiger charge is -2.09. The van der Waals surface area contributed by atoms with Crippen molar-refractivity contribution in [3.63, 3.8) is 0 Å². The topological polar surface area (TPSA) is 82.0 Å². The zero-order chi connectivity index (χ0) is 13.5. The fourth-order valence-corrected chi connectivity index (χ4v) is 1.25. The van der Waals surface area contributed by atoms with Gasteiger partial charge in [0.25, 0.3) is 5.91 Å². The predicted molar refractivity (Wildman–Crippen MR) is 67.9 cm³/mol. The molecular formula is C13H15N3O2. The van der Waals surface area contributed by atoms with E-state index in [4.69, 9.17) is 5.26 Å². The van der Waals surface area contributed by atoms with Gasteiger partial charge >= 0.3 is 0 Å². The van der Waals surface area contributed by atoms with Crippen LogP contribution in [0.25, 0.3) is 0 Å². The zero-order valence-corrected chi connectivity index (χ0v) is 10.4. The van der Waals surface area contributed by atoms with Gasteiger partial charge in [0.05, 0.1) is 6.07 Å². The largest absolute Gasteiger partial charge is 0.339 e. The van der Waals surface area contributed by atoms with Gasteiger partial charge in [-0.05, 0) is 18.2 Å². The number of rotatable bonds is 4. The van der Waals surface area contributed by atoms with E-state index in [9.17, 15) is 9.59 Å². The van der Waals surface area contributed by atoms with Crippen molar-refractivity contribution in [2.45, 2.75) is 13.8 Å². The van der Waals surface area contributed by atoms with E-state index < -0.39 is 0 Å². The lowest BCUT2D eigenvalue weighted by atomic mass is 10.1. The van der Waals surface area contributed by atoms with Crippen LogP contribution in [0.2, 0.25) is 0 Å². The van der Waals surface area contributed by atoms with Gasteiger partial charge < -0.3 is 10.6 Å². The summed E-state index contributed by atoms with van der Waals surface area (Å²) in [5, 5.41) is 13.5. The van der Waals surface area contributed by atoms with E-state index in [-0.39, 0.29) is 24.3 Å². The number of anilines is 1. The molecule has 0 saturated carbocycles. The van der Waals surface area contributed by atoms with Gasteiger partial charge in [-0.1, -0.05) is 19.9 Å². The molecule has 1 rings (SSSR count). The summed E-state index contributed by atoms with van der Waals surface area (Å²) in [5.41, 5.74) is 0.977. The zero-order valence-electron chi connectivity index (χ0n) is 10.4. The average Bonchev–Trinajstić information content (AvgIpc) is 2.36. The standard InChI is InChI=1S/C13H15N3O2/c1-9(2)12(17)16-11-5-3-4-10(8-11)13(18)15-7-6-14/h3-5,8-9H,7H2,1-2H3,(H,15,18)(H,16,17). The summed E-state index contributed by atoms with van der Waals surface area (Å²) >= 11 is 0. The lowest BCUT2D eigenvalue weighted by Crippen LogP contribution is -2.24. The number of carbonyl (C=O) groups is 2. The van der Waals surface area contributed by atoms with Crippen LogP contribution in [0.15, 0.2) is 24.3 Å². The van der Waals surface area contributed by atoms with Gasteiger partial charge in [-0.2, -0.15) is 5.26 Å². The number of nitriles is 1. The van der Waals surface area contributed by atoms with E-state index in [0.717, 1.165) is 0 Å². The number of nitrogens with zero attached hydrogens (tertiary/aromatic N) is 1. The summed E-state index contributed by atoms with van der Waals surface area (Å²) < 4.78 is 0. The number of hydrogen-bond donors (Lipinski definition) is 2. The highest BCUT2D eigenvalue weighted by Gasteiger charge is 2.09. The Morgan fingerprint density at radius 1 is 1.39 bits per heavy atom. The Hall–Kier alpha value is -2.35. The van der Waals surface area contributed by atoms with Crippen molar-refractivity contribution >= 4 is 17.5 Å². The first-order valence-corrected chi connectivity index (χ1v) is 5.60. The highest BCUT2D eigenvalue weighted by Crippen LogP contribution is 2.11. The third kappa shape index (κ3) is 3.91. The van der Waals surface area contributed by atoms with Gasteiger partial charge in [0, 0.05) is 17.2 Å². The lowest BCUT2D eigenvalue weighted by molar-refractivity contribution is -0.118. The molecule has 0 unspecified atom stereocenters. The maximum Gasteiger partial charge on any atom is 0.252 e. The van der Waals surface area contributed by atoms with Crippen LogP contribution in [0.4, 0.5) is 5.69 Å². The van der Waals surface area contributed by atoms with E-state index >= 15 is 0 Å². The Kier molecular flexibility index (Phi) is 4.88. The van der Waals surface area contributed by atoms with Crippen LogP contribution in [0.1, 0.15) is 24.2 Å². The molecule has 5 heteroatoms. The number of hydrogen-bond acceptors (Lipinski definition) is 3. The molecule has 18 heavy (non-hydrogen) atoms. The second-order valence-corrected chi connectivity index (χ2v) is 4.07. The molecule has 0 fully saturated rings. The van der Waals surface area contributed by atoms with Crippen molar-refractivity contribution < 1.29 is 9.59 Å². The van der Waals surface area contributed by atoms with Crippen LogP contribution in [0, 0.1) is 17.2 Å². The molecule has 94 valence electrons. The minimum absolute atomic E-state index is 0.0403. The Bertz CT molecular complexity index is 489. The van der Waals surface area contributed by atoms with Gasteiger partial charge in [-0.15, -0.1) is 0 Å². The first-order valence-electron chi connectivity index (χ1n) is 5.60. The molecule has 2 N–H and O–H groups in total. The van der Waals surface area contributed by atoms with E-state index in [2.05, 4.69) is 10.6 Å². The second kappa shape index (κ2) is 6.40. The molecule has 0 aliphatic heterocycles. The number of amides is 2. The summed E-state index contributed by atoms with van der Waals surface area (Å²) in [4.78, 5) is 23.1. The molecular weight excluding hydrogens is 230 g/mol. The van der Waals surface area contributed by atoms with Crippen molar-refractivity contribution in [3.05, 3.63) is 29.8 Å². The Labute approximate surface area is 106 Å². The molecule has 1 aromatic carbocycles. The smallest absolute Gasteiger partial charge is 0.252 e. The van der Waals surface area contributed by atoms with E-state index in [1.807, 2.05) is 6.07 Å². The van der Waals surface area contributed by atoms with E-state index in [0.29, 0.717) is 11.3 Å². The van der Waals surface area contributed by atoms with Gasteiger partial charge in [0.15, 0.2) is 0 Å². The molecule has 2 amide bonds. The van der Waals surface area contributed by atoms with Crippen LogP contribution in [-0.2, 0) is 4.79 Å². The highest BCUT2D eigenvalue weighted by atomic mass is 16.2. The average molecular weight is 245 g/mol. The number of benzene rings is 1. The number of carbonyl (C=O) groups excluding carboxylic acids is 2. The minimum atomic E-state index is -0.336. The normalized spacial score (nSPS) is 9.67. The van der Waals surface area contributed by atoms with Gasteiger partial charge in [-0.3, -0.25) is 9.59 Å². The van der Waals surface area contributed by atoms with Gasteiger partial charge in [0.2, 0.25) is 5.91 Å². The van der Waals surface area contributed by atoms with Crippen molar-refractivity contribution in [2.75, 3.05) is 11.9 Å². The van der Waals surface area contributed by atoms with E-state index in [1.54, 1.807) is 38.1 Å². The van der Waals surface area contributed by atoms with E-state index in [1.165, 1.54) is 0 Å². The first kappa shape index (κ1) is 13.7. The van der Waals surface area contributed by atoms with Crippen molar-refractivity contribution in [2.24, 2.45) is 5.92 Å². The monoisotopic (exact) mass is 245 g/mol. The Morgan fingerprint density at radius 3 is 2.72 bits per heavy atom. The molecule has 1 aromatic rings. The van der Waals surface area contributed by atoms with Crippen LogP contribution >= 0.6 is 0 Å². The molecule has 0 aromatic heterocycles. The van der Waals surface area contributed by atoms with Crippen LogP contribution in [-0.4, -0.2) is 18.4 Å². The molecule has 0 heterocycles. The molecule has 0 atom stereocenters. The summed E-state index contributed by atoms with van der Waals surface area (Å²) in [6.45, 7) is 3.54. The maximum atomic E-state index is 11.6. The molecule has 5 nitrogen and oxygen atoms in total. The quantitative estimate of drug-likeness (QED) is 0.789. The summed E-state index contributed by atoms with van der Waals surface area (Å²) in [5.74, 6) is -0.567. The molecule has 0 aliphatic carbocycles. The fourth-order valence-electron chi connectivity index (χ4n) is 1.25. The molecule has 0 bridgehead atoms. The first-order chi connectivity index (χ1) is 8.54. The fraction of sp³-hybridized carbons (Fsp3) is 0.308. The summed E-state index contributed by atoms with van der Waals surface area (Å²) in [7, 11) is 0. The maximum absolute atomic E-state index is 11.6. The number of nitrogens with one attached hydrogen (secondary N) is 2. The van der Waals surface area contributed by atoms with Gasteiger partial charge in [-0.25, -0.2) is 0 Å². The predicted octanol–water partition coefficient (Wildman–Crippen LogP) is 1.53. The Morgan fingerprint density at radius 2 is 2.11 bits per heavy atom. The van der Waals surface area contributed by atoms with Crippen molar-refractivity contribution in [1.29, 1.82) is 5.26 Å². The summed E-state index contributed by atoms with van der Waals surface area (Å²) in [6, 6.07) is 8.42. The molecule has 0 saturated heterocycles. The summed E-state index contributed by atoms with van der Waals surface area (Å²) in [6.07, 6.45) is 0. The van der Waals surface area contributed by atoms with Crippen molar-refractivity contribution in [1.82, 2.24) is 5.32 Å². The van der Waals surface area contributed by atoms with Crippen LogP contribution in [0.3, 0.4) is 0 Å². The Balaban J connectivity index is 2.77. The third-order valence-electron chi connectivity index (χ3n) is 2.24. The minimum Gasteiger partial charge on any atom is -0.339 e. The van der Waals surface area contributed by atoms with Crippen LogP contribution in [0.5, 0.6) is 0 Å². The molecule has 0 spiro atoms. The molecule has 0 aliphatic rings. The highest BCUT2D eigenvalue weighted by molar-refractivity contribution is 5.97. The van der Waals surface area contributed by atoms with Crippen LogP contribution < -0.4 is 10.6 Å². The van der Waals surface area contributed by atoms with Gasteiger partial charge in [0.1, 0.15) is 6.54 Å². The SMILES string of the molecule is CC(C)C(=O)Nc1cccc(C(=O)NCC#N)c1. The third-order valence-corrected chi connectivity index (χ3v) is 2.24. The van der Waals surface area contributed by atoms with Crippen molar-refractivity contribution in [3.8, 4) is 6.07 Å². The molecule has 0 radical (unpaired) electrons. The second-order valence-electron chi connectivity index (χ2n) is 4.07.